The summed E-state index contributed by atoms with van der Waals surface area (Å²) in [5.74, 6) is 1.21. The average molecular weight is 251 g/mol. The number of hydrogen-bond donors (Lipinski definition) is 1. The first-order valence-electron chi connectivity index (χ1n) is 6.31. The fourth-order valence-electron chi connectivity index (χ4n) is 3.12. The van der Waals surface area contributed by atoms with E-state index in [1.54, 1.807) is 4.57 Å². The van der Waals surface area contributed by atoms with Crippen LogP contribution in [0.15, 0.2) is 6.33 Å². The maximum absolute atomic E-state index is 11.0. The van der Waals surface area contributed by atoms with Crippen LogP contribution in [0.5, 0.6) is 0 Å². The maximum Gasteiger partial charge on any atom is 0.406 e. The van der Waals surface area contributed by atoms with Crippen molar-refractivity contribution < 1.29 is 4.92 Å². The van der Waals surface area contributed by atoms with E-state index >= 15 is 0 Å². The van der Waals surface area contributed by atoms with Gasteiger partial charge >= 0.3 is 5.82 Å². The molecule has 1 aromatic rings. The number of rotatable bonds is 2. The lowest BCUT2D eigenvalue weighted by atomic mass is 9.94. The summed E-state index contributed by atoms with van der Waals surface area (Å²) in [6, 6.07) is 0.466. The Balaban J connectivity index is 1.87. The Morgan fingerprint density at radius 3 is 3.11 bits per heavy atom. The Hall–Kier alpha value is -1.63. The zero-order chi connectivity index (χ0) is 12.7. The molecule has 2 aliphatic heterocycles. The first-order chi connectivity index (χ1) is 8.66. The predicted molar refractivity (Wildman–Crippen MR) is 66.6 cm³/mol. The molecule has 0 radical (unpaired) electrons. The number of aromatic nitrogens is 2. The van der Waals surface area contributed by atoms with Crippen LogP contribution in [0.2, 0.25) is 0 Å². The number of nitro groups is 1. The third kappa shape index (κ3) is 1.74. The van der Waals surface area contributed by atoms with E-state index in [1.165, 1.54) is 19.2 Å². The van der Waals surface area contributed by atoms with Gasteiger partial charge in [-0.2, -0.15) is 0 Å². The largest absolute Gasteiger partial charge is 0.406 e. The Kier molecular flexibility index (Phi) is 2.70. The second kappa shape index (κ2) is 4.24. The number of aryl methyl sites for hydroxylation is 1. The summed E-state index contributed by atoms with van der Waals surface area (Å²) in [4.78, 5) is 16.6. The number of nitrogens with one attached hydrogen (secondary N) is 1. The van der Waals surface area contributed by atoms with Gasteiger partial charge in [0.2, 0.25) is 12.1 Å². The molecule has 0 saturated carbocycles. The lowest BCUT2D eigenvalue weighted by Crippen LogP contribution is -2.40. The van der Waals surface area contributed by atoms with E-state index in [2.05, 4.69) is 15.2 Å². The summed E-state index contributed by atoms with van der Waals surface area (Å²) in [6.07, 6.45) is 3.92. The van der Waals surface area contributed by atoms with Gasteiger partial charge in [-0.05, 0) is 35.2 Å². The summed E-state index contributed by atoms with van der Waals surface area (Å²) < 4.78 is 1.75. The molecule has 3 heterocycles. The van der Waals surface area contributed by atoms with Crippen LogP contribution >= 0.6 is 0 Å². The first-order valence-corrected chi connectivity index (χ1v) is 6.31. The van der Waals surface area contributed by atoms with E-state index in [-0.39, 0.29) is 5.82 Å². The number of imidazole rings is 1. The second-order valence-corrected chi connectivity index (χ2v) is 5.13. The third-order valence-electron chi connectivity index (χ3n) is 3.96. The Bertz CT molecular complexity index is 458. The third-order valence-corrected chi connectivity index (χ3v) is 3.96. The average Bonchev–Trinajstić information content (AvgIpc) is 2.91. The molecule has 7 heteroatoms. The van der Waals surface area contributed by atoms with E-state index in [9.17, 15) is 10.1 Å². The van der Waals surface area contributed by atoms with Crippen molar-refractivity contribution in [2.45, 2.75) is 18.9 Å². The van der Waals surface area contributed by atoms with Gasteiger partial charge in [0.05, 0.1) is 0 Å². The monoisotopic (exact) mass is 251 g/mol. The van der Waals surface area contributed by atoms with Crippen LogP contribution in [0.3, 0.4) is 0 Å². The molecule has 2 fully saturated rings. The standard InChI is InChI=1S/C11H17N5O2/c1-14-7-13-10(16(17)18)11(14)15-5-8-3-2-4-12-9(8)6-15/h7-9,12H,2-6H2,1H3. The molecular weight excluding hydrogens is 234 g/mol. The molecule has 0 amide bonds. The van der Waals surface area contributed by atoms with Gasteiger partial charge in [-0.25, -0.2) is 0 Å². The molecule has 1 aromatic heterocycles. The van der Waals surface area contributed by atoms with Crippen LogP contribution in [-0.4, -0.2) is 40.2 Å². The van der Waals surface area contributed by atoms with Crippen LogP contribution < -0.4 is 10.2 Å². The molecule has 2 aliphatic rings. The van der Waals surface area contributed by atoms with E-state index in [4.69, 9.17) is 0 Å². The quantitative estimate of drug-likeness (QED) is 0.612. The number of nitrogens with zero attached hydrogens (tertiary/aromatic N) is 4. The van der Waals surface area contributed by atoms with Crippen LogP contribution in [-0.2, 0) is 7.05 Å². The van der Waals surface area contributed by atoms with Crippen LogP contribution in [0, 0.1) is 16.0 Å². The van der Waals surface area contributed by atoms with Crippen molar-refractivity contribution >= 4 is 11.6 Å². The number of hydrogen-bond acceptors (Lipinski definition) is 5. The molecule has 0 bridgehead atoms. The summed E-state index contributed by atoms with van der Waals surface area (Å²) in [6.45, 7) is 2.78. The Morgan fingerprint density at radius 2 is 2.39 bits per heavy atom. The van der Waals surface area contributed by atoms with Crippen molar-refractivity contribution in [1.82, 2.24) is 14.9 Å². The topological polar surface area (TPSA) is 76.2 Å². The minimum atomic E-state index is -0.398. The highest BCUT2D eigenvalue weighted by Crippen LogP contribution is 2.33. The van der Waals surface area contributed by atoms with Crippen molar-refractivity contribution in [2.75, 3.05) is 24.5 Å². The lowest BCUT2D eigenvalue weighted by molar-refractivity contribution is -0.388. The van der Waals surface area contributed by atoms with Crippen molar-refractivity contribution in [3.63, 3.8) is 0 Å². The van der Waals surface area contributed by atoms with Gasteiger partial charge in [0.1, 0.15) is 0 Å². The molecule has 1 N–H and O–H groups in total. The summed E-state index contributed by atoms with van der Waals surface area (Å²) >= 11 is 0. The fourth-order valence-corrected chi connectivity index (χ4v) is 3.12. The summed E-state index contributed by atoms with van der Waals surface area (Å²) in [7, 11) is 1.81. The zero-order valence-electron chi connectivity index (χ0n) is 10.4. The highest BCUT2D eigenvalue weighted by molar-refractivity contribution is 5.55. The van der Waals surface area contributed by atoms with Crippen molar-refractivity contribution in [3.05, 3.63) is 16.4 Å². The van der Waals surface area contributed by atoms with Gasteiger partial charge in [0, 0.05) is 26.2 Å². The Labute approximate surface area is 105 Å². The van der Waals surface area contributed by atoms with Crippen molar-refractivity contribution in [1.29, 1.82) is 0 Å². The molecule has 0 spiro atoms. The molecule has 2 atom stereocenters. The molecule has 18 heavy (non-hydrogen) atoms. The fraction of sp³-hybridized carbons (Fsp3) is 0.727. The number of piperidine rings is 1. The summed E-state index contributed by atoms with van der Waals surface area (Å²) in [5.41, 5.74) is 0. The lowest BCUT2D eigenvalue weighted by Gasteiger charge is -2.24. The van der Waals surface area contributed by atoms with Gasteiger partial charge in [-0.15, -0.1) is 0 Å². The number of anilines is 1. The van der Waals surface area contributed by atoms with Crippen LogP contribution in [0.25, 0.3) is 0 Å². The minimum Gasteiger partial charge on any atom is -0.358 e. The van der Waals surface area contributed by atoms with Crippen molar-refractivity contribution in [2.24, 2.45) is 13.0 Å². The minimum absolute atomic E-state index is 0.0313. The highest BCUT2D eigenvalue weighted by Gasteiger charge is 2.38. The molecule has 3 rings (SSSR count). The highest BCUT2D eigenvalue weighted by atomic mass is 16.6. The Morgan fingerprint density at radius 1 is 1.56 bits per heavy atom. The smallest absolute Gasteiger partial charge is 0.358 e. The van der Waals surface area contributed by atoms with E-state index in [0.29, 0.717) is 17.8 Å². The predicted octanol–water partition coefficient (Wildman–Crippen LogP) is 0.516. The molecule has 7 nitrogen and oxygen atoms in total. The molecule has 2 unspecified atom stereocenters. The normalized spacial score (nSPS) is 27.3. The molecule has 2 saturated heterocycles. The molecular formula is C11H17N5O2. The second-order valence-electron chi connectivity index (χ2n) is 5.13. The SMILES string of the molecule is Cn1cnc([N+](=O)[O-])c1N1CC2CCCNC2C1. The van der Waals surface area contributed by atoms with Gasteiger partial charge in [0.25, 0.3) is 0 Å². The van der Waals surface area contributed by atoms with Crippen molar-refractivity contribution in [3.8, 4) is 0 Å². The van der Waals surface area contributed by atoms with Gasteiger partial charge in [-0.1, -0.05) is 0 Å². The van der Waals surface area contributed by atoms with Gasteiger partial charge in [-0.3, -0.25) is 4.57 Å². The van der Waals surface area contributed by atoms with Crippen LogP contribution in [0.1, 0.15) is 12.8 Å². The summed E-state index contributed by atoms with van der Waals surface area (Å²) in [5, 5.41) is 14.5. The first kappa shape index (κ1) is 11.5. The molecule has 98 valence electrons. The van der Waals surface area contributed by atoms with Gasteiger partial charge in [0.15, 0.2) is 0 Å². The maximum atomic E-state index is 11.0. The molecule has 0 aliphatic carbocycles. The van der Waals surface area contributed by atoms with Crippen LogP contribution in [0.4, 0.5) is 11.6 Å². The van der Waals surface area contributed by atoms with E-state index in [0.717, 1.165) is 19.6 Å². The number of fused-ring (bicyclic) bond motifs is 1. The zero-order valence-corrected chi connectivity index (χ0v) is 10.4. The van der Waals surface area contributed by atoms with E-state index in [1.807, 2.05) is 7.05 Å². The van der Waals surface area contributed by atoms with E-state index < -0.39 is 4.92 Å². The van der Waals surface area contributed by atoms with Gasteiger partial charge < -0.3 is 20.3 Å². The molecule has 0 aromatic carbocycles.